The van der Waals surface area contributed by atoms with Crippen LogP contribution in [0.2, 0.25) is 0 Å². The second-order valence-corrected chi connectivity index (χ2v) is 4.75. The van der Waals surface area contributed by atoms with Crippen molar-refractivity contribution in [1.29, 1.82) is 0 Å². The first kappa shape index (κ1) is 15.7. The minimum Gasteiger partial charge on any atom is -0.495 e. The highest BCUT2D eigenvalue weighted by Gasteiger charge is 2.05. The van der Waals surface area contributed by atoms with Gasteiger partial charge in [-0.25, -0.2) is 4.79 Å². The van der Waals surface area contributed by atoms with Crippen molar-refractivity contribution in [2.45, 2.75) is 13.8 Å². The molecule has 0 heterocycles. The van der Waals surface area contributed by atoms with Gasteiger partial charge in [0.2, 0.25) is 0 Å². The van der Waals surface area contributed by atoms with Crippen LogP contribution in [0.3, 0.4) is 0 Å². The van der Waals surface area contributed by atoms with Crippen molar-refractivity contribution >= 4 is 23.2 Å². The van der Waals surface area contributed by atoms with E-state index in [4.69, 9.17) is 9.47 Å². The molecule has 0 aliphatic heterocycles. The van der Waals surface area contributed by atoms with Gasteiger partial charge in [-0.3, -0.25) is 5.32 Å². The van der Waals surface area contributed by atoms with E-state index in [1.807, 2.05) is 49.4 Å². The van der Waals surface area contributed by atoms with E-state index in [0.29, 0.717) is 12.3 Å². The second-order valence-electron chi connectivity index (χ2n) is 4.75. The molecular formula is C17H20N2O3. The van der Waals surface area contributed by atoms with Crippen LogP contribution < -0.4 is 15.4 Å². The molecule has 0 saturated heterocycles. The Balaban J connectivity index is 2.08. The van der Waals surface area contributed by atoms with Crippen molar-refractivity contribution in [3.63, 3.8) is 0 Å². The quantitative estimate of drug-likeness (QED) is 0.863. The zero-order valence-electron chi connectivity index (χ0n) is 13.0. The van der Waals surface area contributed by atoms with Crippen molar-refractivity contribution in [2.24, 2.45) is 0 Å². The number of carbonyl (C=O) groups excluding carboxylic acids is 1. The molecule has 0 aliphatic rings. The van der Waals surface area contributed by atoms with Gasteiger partial charge in [0.25, 0.3) is 0 Å². The number of rotatable bonds is 5. The number of hydrogen-bond donors (Lipinski definition) is 2. The maximum Gasteiger partial charge on any atom is 0.411 e. The topological polar surface area (TPSA) is 59.6 Å². The zero-order chi connectivity index (χ0) is 15.9. The van der Waals surface area contributed by atoms with E-state index in [9.17, 15) is 4.79 Å². The predicted octanol–water partition coefficient (Wildman–Crippen LogP) is 4.32. The van der Waals surface area contributed by atoms with Crippen LogP contribution in [0.5, 0.6) is 5.75 Å². The van der Waals surface area contributed by atoms with E-state index in [0.717, 1.165) is 22.7 Å². The zero-order valence-corrected chi connectivity index (χ0v) is 13.0. The first-order chi connectivity index (χ1) is 10.6. The molecule has 0 aromatic heterocycles. The summed E-state index contributed by atoms with van der Waals surface area (Å²) in [6.07, 6.45) is -0.455. The first-order valence-electron chi connectivity index (χ1n) is 7.08. The predicted molar refractivity (Wildman–Crippen MR) is 88.1 cm³/mol. The molecule has 116 valence electrons. The Bertz CT molecular complexity index is 639. The van der Waals surface area contributed by atoms with E-state index in [1.54, 1.807) is 14.0 Å². The monoisotopic (exact) mass is 300 g/mol. The van der Waals surface area contributed by atoms with Gasteiger partial charge in [0.15, 0.2) is 0 Å². The molecule has 22 heavy (non-hydrogen) atoms. The number of methoxy groups -OCH3 is 1. The standard InChI is InChI=1S/C17H20N2O3/c1-4-22-17(20)19-14-8-6-13(7-9-14)18-15-11-12(2)5-10-16(15)21-3/h5-11,18H,4H2,1-3H3,(H,19,20). The van der Waals surface area contributed by atoms with Crippen LogP contribution in [0.1, 0.15) is 12.5 Å². The fraction of sp³-hybridized carbons (Fsp3) is 0.235. The highest BCUT2D eigenvalue weighted by Crippen LogP contribution is 2.29. The molecule has 0 saturated carbocycles. The SMILES string of the molecule is CCOC(=O)Nc1ccc(Nc2cc(C)ccc2OC)cc1. The molecule has 0 fully saturated rings. The van der Waals surface area contributed by atoms with Gasteiger partial charge >= 0.3 is 6.09 Å². The number of nitrogens with one attached hydrogen (secondary N) is 2. The summed E-state index contributed by atoms with van der Waals surface area (Å²) in [6, 6.07) is 13.3. The Hall–Kier alpha value is -2.69. The Labute approximate surface area is 130 Å². The molecule has 5 nitrogen and oxygen atoms in total. The Morgan fingerprint density at radius 1 is 1.09 bits per heavy atom. The Morgan fingerprint density at radius 3 is 2.41 bits per heavy atom. The van der Waals surface area contributed by atoms with Crippen LogP contribution >= 0.6 is 0 Å². The largest absolute Gasteiger partial charge is 0.495 e. The minimum absolute atomic E-state index is 0.346. The van der Waals surface area contributed by atoms with Gasteiger partial charge in [-0.05, 0) is 55.8 Å². The second kappa shape index (κ2) is 7.36. The van der Waals surface area contributed by atoms with Gasteiger partial charge in [-0.1, -0.05) is 6.07 Å². The first-order valence-corrected chi connectivity index (χ1v) is 7.08. The molecule has 2 N–H and O–H groups in total. The van der Waals surface area contributed by atoms with Crippen molar-refractivity contribution in [1.82, 2.24) is 0 Å². The van der Waals surface area contributed by atoms with Crippen LogP contribution in [-0.4, -0.2) is 19.8 Å². The van der Waals surface area contributed by atoms with E-state index in [2.05, 4.69) is 10.6 Å². The maximum atomic E-state index is 11.3. The van der Waals surface area contributed by atoms with Gasteiger partial charge in [0.1, 0.15) is 5.75 Å². The van der Waals surface area contributed by atoms with Crippen LogP contribution in [0.4, 0.5) is 21.9 Å². The summed E-state index contributed by atoms with van der Waals surface area (Å²) >= 11 is 0. The number of carbonyl (C=O) groups is 1. The van der Waals surface area contributed by atoms with Crippen molar-refractivity contribution in [3.8, 4) is 5.75 Å². The lowest BCUT2D eigenvalue weighted by Crippen LogP contribution is -2.13. The number of anilines is 3. The number of hydrogen-bond acceptors (Lipinski definition) is 4. The fourth-order valence-electron chi connectivity index (χ4n) is 2.00. The molecule has 2 aromatic rings. The molecule has 0 spiro atoms. The molecule has 0 bridgehead atoms. The van der Waals surface area contributed by atoms with E-state index in [-0.39, 0.29) is 0 Å². The lowest BCUT2D eigenvalue weighted by Gasteiger charge is -2.12. The van der Waals surface area contributed by atoms with E-state index >= 15 is 0 Å². The van der Waals surface area contributed by atoms with E-state index < -0.39 is 6.09 Å². The lowest BCUT2D eigenvalue weighted by atomic mass is 10.2. The van der Waals surface area contributed by atoms with Gasteiger partial charge in [-0.2, -0.15) is 0 Å². The molecular weight excluding hydrogens is 280 g/mol. The minimum atomic E-state index is -0.455. The normalized spacial score (nSPS) is 9.95. The third kappa shape index (κ3) is 4.15. The summed E-state index contributed by atoms with van der Waals surface area (Å²) < 4.78 is 10.2. The third-order valence-corrected chi connectivity index (χ3v) is 3.04. The van der Waals surface area contributed by atoms with E-state index in [1.165, 1.54) is 0 Å². The Kier molecular flexibility index (Phi) is 5.25. The van der Waals surface area contributed by atoms with Gasteiger partial charge in [0.05, 0.1) is 19.4 Å². The number of ether oxygens (including phenoxy) is 2. The van der Waals surface area contributed by atoms with Crippen LogP contribution in [-0.2, 0) is 4.74 Å². The third-order valence-electron chi connectivity index (χ3n) is 3.04. The smallest absolute Gasteiger partial charge is 0.411 e. The molecule has 0 aliphatic carbocycles. The molecule has 2 aromatic carbocycles. The van der Waals surface area contributed by atoms with Gasteiger partial charge in [0, 0.05) is 11.4 Å². The van der Waals surface area contributed by atoms with Crippen molar-refractivity contribution < 1.29 is 14.3 Å². The molecule has 1 amide bonds. The van der Waals surface area contributed by atoms with Crippen LogP contribution in [0, 0.1) is 6.92 Å². The maximum absolute atomic E-state index is 11.3. The van der Waals surface area contributed by atoms with Gasteiger partial charge in [-0.15, -0.1) is 0 Å². The van der Waals surface area contributed by atoms with Crippen molar-refractivity contribution in [3.05, 3.63) is 48.0 Å². The lowest BCUT2D eigenvalue weighted by molar-refractivity contribution is 0.168. The summed E-state index contributed by atoms with van der Waals surface area (Å²) in [5.41, 5.74) is 3.62. The van der Waals surface area contributed by atoms with Crippen LogP contribution in [0.25, 0.3) is 0 Å². The molecule has 0 radical (unpaired) electrons. The molecule has 5 heteroatoms. The molecule has 2 rings (SSSR count). The summed E-state index contributed by atoms with van der Waals surface area (Å²) in [4.78, 5) is 11.3. The van der Waals surface area contributed by atoms with Crippen molar-refractivity contribution in [2.75, 3.05) is 24.4 Å². The molecule has 0 unspecified atom stereocenters. The average molecular weight is 300 g/mol. The number of benzene rings is 2. The highest BCUT2D eigenvalue weighted by atomic mass is 16.5. The number of amides is 1. The average Bonchev–Trinajstić information content (AvgIpc) is 2.50. The summed E-state index contributed by atoms with van der Waals surface area (Å²) in [6.45, 7) is 4.14. The number of aryl methyl sites for hydroxylation is 1. The van der Waals surface area contributed by atoms with Crippen LogP contribution in [0.15, 0.2) is 42.5 Å². The highest BCUT2D eigenvalue weighted by molar-refractivity contribution is 5.85. The fourth-order valence-corrected chi connectivity index (χ4v) is 2.00. The summed E-state index contributed by atoms with van der Waals surface area (Å²) in [5, 5.41) is 5.95. The van der Waals surface area contributed by atoms with Gasteiger partial charge < -0.3 is 14.8 Å². The molecule has 0 atom stereocenters. The summed E-state index contributed by atoms with van der Waals surface area (Å²) in [7, 11) is 1.64. The Morgan fingerprint density at radius 2 is 1.77 bits per heavy atom. The summed E-state index contributed by atoms with van der Waals surface area (Å²) in [5.74, 6) is 0.777.